The van der Waals surface area contributed by atoms with Gasteiger partial charge in [-0.05, 0) is 25.3 Å². The lowest BCUT2D eigenvalue weighted by Crippen LogP contribution is -2.45. The van der Waals surface area contributed by atoms with Crippen molar-refractivity contribution in [3.8, 4) is 0 Å². The third-order valence-electron chi connectivity index (χ3n) is 3.16. The van der Waals surface area contributed by atoms with E-state index in [2.05, 4.69) is 31.0 Å². The zero-order valence-corrected chi connectivity index (χ0v) is 11.4. The first kappa shape index (κ1) is 14.5. The molecule has 0 aromatic rings. The summed E-state index contributed by atoms with van der Waals surface area (Å²) in [4.78, 5) is 14.1. The van der Waals surface area contributed by atoms with Gasteiger partial charge in [0.15, 0.2) is 0 Å². The fraction of sp³-hybridized carbons (Fsp3) is 0.923. The van der Waals surface area contributed by atoms with Crippen LogP contribution in [0, 0.1) is 5.92 Å². The SMILES string of the molecule is CCN(CC(C)C)C(CN)CC(=O)NC1CC1. The predicted molar refractivity (Wildman–Crippen MR) is 70.7 cm³/mol. The minimum Gasteiger partial charge on any atom is -0.353 e. The number of likely N-dealkylation sites (N-methyl/N-ethyl adjacent to an activating group) is 1. The Balaban J connectivity index is 2.39. The fourth-order valence-corrected chi connectivity index (χ4v) is 2.10. The maximum atomic E-state index is 11.8. The summed E-state index contributed by atoms with van der Waals surface area (Å²) >= 11 is 0. The van der Waals surface area contributed by atoms with Gasteiger partial charge in [-0.15, -0.1) is 0 Å². The minimum atomic E-state index is 0.158. The van der Waals surface area contributed by atoms with E-state index in [4.69, 9.17) is 5.73 Å². The second kappa shape index (κ2) is 6.97. The molecule has 0 spiro atoms. The summed E-state index contributed by atoms with van der Waals surface area (Å²) in [6.07, 6.45) is 2.82. The molecule has 1 fully saturated rings. The van der Waals surface area contributed by atoms with Crippen molar-refractivity contribution in [2.75, 3.05) is 19.6 Å². The molecular weight excluding hydrogens is 214 g/mol. The predicted octanol–water partition coefficient (Wildman–Crippen LogP) is 0.960. The van der Waals surface area contributed by atoms with Crippen molar-refractivity contribution in [3.63, 3.8) is 0 Å². The number of nitrogens with two attached hydrogens (primary N) is 1. The van der Waals surface area contributed by atoms with E-state index in [1.807, 2.05) is 0 Å². The van der Waals surface area contributed by atoms with Gasteiger partial charge < -0.3 is 11.1 Å². The van der Waals surface area contributed by atoms with Crippen LogP contribution in [0.25, 0.3) is 0 Å². The molecule has 0 aromatic heterocycles. The first-order valence-corrected chi connectivity index (χ1v) is 6.80. The summed E-state index contributed by atoms with van der Waals surface area (Å²) < 4.78 is 0. The van der Waals surface area contributed by atoms with Crippen LogP contribution < -0.4 is 11.1 Å². The molecule has 0 radical (unpaired) electrons. The van der Waals surface area contributed by atoms with E-state index < -0.39 is 0 Å². The molecule has 4 nitrogen and oxygen atoms in total. The smallest absolute Gasteiger partial charge is 0.221 e. The molecule has 1 amide bonds. The summed E-state index contributed by atoms with van der Waals surface area (Å²) in [6, 6.07) is 0.627. The van der Waals surface area contributed by atoms with Crippen LogP contribution in [0.1, 0.15) is 40.0 Å². The monoisotopic (exact) mass is 241 g/mol. The summed E-state index contributed by atoms with van der Waals surface area (Å²) in [5.74, 6) is 0.764. The molecule has 1 rings (SSSR count). The van der Waals surface area contributed by atoms with E-state index in [0.29, 0.717) is 24.9 Å². The minimum absolute atomic E-state index is 0.158. The molecule has 1 unspecified atom stereocenters. The second-order valence-corrected chi connectivity index (χ2v) is 5.42. The normalized spacial score (nSPS) is 17.5. The quantitative estimate of drug-likeness (QED) is 0.665. The molecule has 1 saturated carbocycles. The molecule has 1 aliphatic rings. The first-order valence-electron chi connectivity index (χ1n) is 6.80. The van der Waals surface area contributed by atoms with E-state index >= 15 is 0 Å². The van der Waals surface area contributed by atoms with Gasteiger partial charge in [-0.25, -0.2) is 0 Å². The molecule has 0 heterocycles. The molecule has 4 heteroatoms. The largest absolute Gasteiger partial charge is 0.353 e. The number of hydrogen-bond acceptors (Lipinski definition) is 3. The summed E-state index contributed by atoms with van der Waals surface area (Å²) in [5, 5.41) is 3.03. The van der Waals surface area contributed by atoms with Gasteiger partial charge >= 0.3 is 0 Å². The number of rotatable bonds is 8. The van der Waals surface area contributed by atoms with Crippen molar-refractivity contribution in [1.82, 2.24) is 10.2 Å². The van der Waals surface area contributed by atoms with Crippen molar-refractivity contribution in [3.05, 3.63) is 0 Å². The van der Waals surface area contributed by atoms with Crippen molar-refractivity contribution < 1.29 is 4.79 Å². The summed E-state index contributed by atoms with van der Waals surface area (Å²) in [7, 11) is 0. The Hall–Kier alpha value is -0.610. The Morgan fingerprint density at radius 3 is 2.53 bits per heavy atom. The molecule has 1 aliphatic carbocycles. The standard InChI is InChI=1S/C13H27N3O/c1-4-16(9-10(2)3)12(8-14)7-13(17)15-11-5-6-11/h10-12H,4-9,14H2,1-3H3,(H,15,17). The molecule has 3 N–H and O–H groups in total. The highest BCUT2D eigenvalue weighted by Crippen LogP contribution is 2.19. The average Bonchev–Trinajstić information content (AvgIpc) is 3.06. The second-order valence-electron chi connectivity index (χ2n) is 5.42. The van der Waals surface area contributed by atoms with Crippen LogP contribution >= 0.6 is 0 Å². The maximum absolute atomic E-state index is 11.8. The Labute approximate surface area is 105 Å². The molecule has 0 bridgehead atoms. The lowest BCUT2D eigenvalue weighted by atomic mass is 10.1. The van der Waals surface area contributed by atoms with Gasteiger partial charge in [-0.1, -0.05) is 20.8 Å². The van der Waals surface area contributed by atoms with Crippen molar-refractivity contribution in [1.29, 1.82) is 0 Å². The van der Waals surface area contributed by atoms with Gasteiger partial charge in [-0.3, -0.25) is 9.69 Å². The van der Waals surface area contributed by atoms with E-state index in [0.717, 1.165) is 25.9 Å². The van der Waals surface area contributed by atoms with Gasteiger partial charge in [-0.2, -0.15) is 0 Å². The van der Waals surface area contributed by atoms with Crippen molar-refractivity contribution in [2.45, 2.75) is 52.1 Å². The van der Waals surface area contributed by atoms with Crippen LogP contribution in [0.3, 0.4) is 0 Å². The van der Waals surface area contributed by atoms with Crippen molar-refractivity contribution in [2.24, 2.45) is 11.7 Å². The molecule has 17 heavy (non-hydrogen) atoms. The summed E-state index contributed by atoms with van der Waals surface area (Å²) in [5.41, 5.74) is 5.80. The van der Waals surface area contributed by atoms with Crippen LogP contribution in [0.4, 0.5) is 0 Å². The Bertz CT molecular complexity index is 239. The fourth-order valence-electron chi connectivity index (χ4n) is 2.10. The molecule has 0 aromatic carbocycles. The Morgan fingerprint density at radius 1 is 1.47 bits per heavy atom. The van der Waals surface area contributed by atoms with Gasteiger partial charge in [0.2, 0.25) is 5.91 Å². The van der Waals surface area contributed by atoms with E-state index in [1.165, 1.54) is 0 Å². The highest BCUT2D eigenvalue weighted by molar-refractivity contribution is 5.77. The Morgan fingerprint density at radius 2 is 2.12 bits per heavy atom. The van der Waals surface area contributed by atoms with Gasteiger partial charge in [0.1, 0.15) is 0 Å². The van der Waals surface area contributed by atoms with Gasteiger partial charge in [0.05, 0.1) is 0 Å². The van der Waals surface area contributed by atoms with E-state index in [-0.39, 0.29) is 11.9 Å². The van der Waals surface area contributed by atoms with Crippen LogP contribution in [-0.4, -0.2) is 42.5 Å². The Kier molecular flexibility index (Phi) is 5.92. The number of carbonyl (C=O) groups excluding carboxylic acids is 1. The maximum Gasteiger partial charge on any atom is 0.221 e. The average molecular weight is 241 g/mol. The van der Waals surface area contributed by atoms with Gasteiger partial charge in [0.25, 0.3) is 0 Å². The van der Waals surface area contributed by atoms with Crippen LogP contribution in [0.2, 0.25) is 0 Å². The first-order chi connectivity index (χ1) is 8.06. The van der Waals surface area contributed by atoms with Crippen LogP contribution in [-0.2, 0) is 4.79 Å². The number of hydrogen-bond donors (Lipinski definition) is 2. The zero-order valence-electron chi connectivity index (χ0n) is 11.4. The van der Waals surface area contributed by atoms with Crippen LogP contribution in [0.15, 0.2) is 0 Å². The third kappa shape index (κ3) is 5.50. The number of amides is 1. The van der Waals surface area contributed by atoms with Crippen LogP contribution in [0.5, 0.6) is 0 Å². The van der Waals surface area contributed by atoms with Crippen molar-refractivity contribution >= 4 is 5.91 Å². The molecule has 0 saturated heterocycles. The number of carbonyl (C=O) groups is 1. The van der Waals surface area contributed by atoms with E-state index in [9.17, 15) is 4.79 Å². The summed E-state index contributed by atoms with van der Waals surface area (Å²) in [6.45, 7) is 9.04. The van der Waals surface area contributed by atoms with E-state index in [1.54, 1.807) is 0 Å². The highest BCUT2D eigenvalue weighted by atomic mass is 16.1. The highest BCUT2D eigenvalue weighted by Gasteiger charge is 2.26. The molecular formula is C13H27N3O. The molecule has 1 atom stereocenters. The number of nitrogens with zero attached hydrogens (tertiary/aromatic N) is 1. The van der Waals surface area contributed by atoms with Gasteiger partial charge in [0, 0.05) is 31.6 Å². The lowest BCUT2D eigenvalue weighted by Gasteiger charge is -2.30. The third-order valence-corrected chi connectivity index (χ3v) is 3.16. The topological polar surface area (TPSA) is 58.4 Å². The molecule has 0 aliphatic heterocycles. The number of nitrogens with one attached hydrogen (secondary N) is 1. The molecule has 100 valence electrons. The zero-order chi connectivity index (χ0) is 12.8. The lowest BCUT2D eigenvalue weighted by molar-refractivity contribution is -0.122.